The van der Waals surface area contributed by atoms with Gasteiger partial charge in [0.2, 0.25) is 15.9 Å². The Bertz CT molecular complexity index is 1170. The van der Waals surface area contributed by atoms with E-state index in [1.54, 1.807) is 6.92 Å². The van der Waals surface area contributed by atoms with E-state index in [0.29, 0.717) is 5.02 Å². The Hall–Kier alpha value is -2.45. The van der Waals surface area contributed by atoms with Crippen LogP contribution < -0.4 is 5.32 Å². The summed E-state index contributed by atoms with van der Waals surface area (Å²) in [5, 5.41) is 3.21. The topological polar surface area (TPSA) is 66.5 Å². The SMILES string of the molecule is C[C@H](NC(=O)CN(Cc1c(F)cccc1Cl)S(=O)(=O)c1ccc(Cl)cc1)c1ccccc1. The van der Waals surface area contributed by atoms with Crippen molar-refractivity contribution in [2.24, 2.45) is 0 Å². The van der Waals surface area contributed by atoms with Crippen molar-refractivity contribution in [1.82, 2.24) is 9.62 Å². The largest absolute Gasteiger partial charge is 0.348 e. The first kappa shape index (κ1) is 24.2. The lowest BCUT2D eigenvalue weighted by Gasteiger charge is -2.24. The van der Waals surface area contributed by atoms with Gasteiger partial charge in [0.1, 0.15) is 5.82 Å². The summed E-state index contributed by atoms with van der Waals surface area (Å²) in [4.78, 5) is 12.7. The van der Waals surface area contributed by atoms with Gasteiger partial charge in [-0.1, -0.05) is 59.6 Å². The number of amides is 1. The summed E-state index contributed by atoms with van der Waals surface area (Å²) in [5.74, 6) is -1.20. The van der Waals surface area contributed by atoms with Crippen LogP contribution in [0.2, 0.25) is 10.0 Å². The fourth-order valence-corrected chi connectivity index (χ4v) is 4.83. The average molecular weight is 495 g/mol. The van der Waals surface area contributed by atoms with Gasteiger partial charge in [-0.2, -0.15) is 4.31 Å². The van der Waals surface area contributed by atoms with Crippen molar-refractivity contribution in [3.05, 3.63) is 99.8 Å². The van der Waals surface area contributed by atoms with Gasteiger partial charge in [0.15, 0.2) is 0 Å². The third-order valence-electron chi connectivity index (χ3n) is 4.84. The van der Waals surface area contributed by atoms with Crippen LogP contribution in [-0.2, 0) is 21.4 Å². The molecule has 0 fully saturated rings. The van der Waals surface area contributed by atoms with E-state index in [2.05, 4.69) is 5.32 Å². The number of hydrogen-bond donors (Lipinski definition) is 1. The zero-order chi connectivity index (χ0) is 23.3. The van der Waals surface area contributed by atoms with Crippen LogP contribution in [0.1, 0.15) is 24.1 Å². The fourth-order valence-electron chi connectivity index (χ4n) is 3.11. The Kier molecular flexibility index (Phi) is 7.90. The van der Waals surface area contributed by atoms with Crippen molar-refractivity contribution in [1.29, 1.82) is 0 Å². The molecule has 0 aliphatic carbocycles. The van der Waals surface area contributed by atoms with Gasteiger partial charge in [0.25, 0.3) is 0 Å². The first-order valence-electron chi connectivity index (χ1n) is 9.71. The molecule has 0 saturated heterocycles. The maximum absolute atomic E-state index is 14.4. The van der Waals surface area contributed by atoms with E-state index >= 15 is 0 Å². The predicted octanol–water partition coefficient (Wildman–Crippen LogP) is 5.20. The van der Waals surface area contributed by atoms with E-state index in [4.69, 9.17) is 23.2 Å². The minimum Gasteiger partial charge on any atom is -0.348 e. The number of carbonyl (C=O) groups is 1. The lowest BCUT2D eigenvalue weighted by atomic mass is 10.1. The molecule has 9 heteroatoms. The molecule has 32 heavy (non-hydrogen) atoms. The zero-order valence-electron chi connectivity index (χ0n) is 17.1. The van der Waals surface area contributed by atoms with Gasteiger partial charge in [-0.05, 0) is 48.9 Å². The molecule has 0 spiro atoms. The molecule has 0 aliphatic rings. The number of benzene rings is 3. The summed E-state index contributed by atoms with van der Waals surface area (Å²) < 4.78 is 41.9. The Morgan fingerprint density at radius 2 is 1.66 bits per heavy atom. The van der Waals surface area contributed by atoms with Gasteiger partial charge in [0, 0.05) is 22.2 Å². The van der Waals surface area contributed by atoms with Crippen molar-refractivity contribution in [3.8, 4) is 0 Å². The molecule has 0 aliphatic heterocycles. The number of nitrogens with zero attached hydrogens (tertiary/aromatic N) is 1. The molecule has 1 amide bonds. The summed E-state index contributed by atoms with van der Waals surface area (Å²) in [6, 6.07) is 18.5. The van der Waals surface area contributed by atoms with E-state index in [1.807, 2.05) is 30.3 Å². The average Bonchev–Trinajstić information content (AvgIpc) is 2.76. The van der Waals surface area contributed by atoms with Gasteiger partial charge in [-0.3, -0.25) is 4.79 Å². The van der Waals surface area contributed by atoms with Crippen LogP contribution in [0.25, 0.3) is 0 Å². The highest BCUT2D eigenvalue weighted by Crippen LogP contribution is 2.25. The molecule has 3 rings (SSSR count). The molecule has 168 valence electrons. The number of rotatable bonds is 8. The molecule has 1 atom stereocenters. The van der Waals surface area contributed by atoms with Crippen LogP contribution in [0, 0.1) is 5.82 Å². The third-order valence-corrected chi connectivity index (χ3v) is 7.26. The highest BCUT2D eigenvalue weighted by Gasteiger charge is 2.29. The second kappa shape index (κ2) is 10.4. The zero-order valence-corrected chi connectivity index (χ0v) is 19.5. The number of carbonyl (C=O) groups excluding carboxylic acids is 1. The summed E-state index contributed by atoms with van der Waals surface area (Å²) in [7, 11) is -4.16. The molecule has 0 heterocycles. The Morgan fingerprint density at radius 3 is 2.28 bits per heavy atom. The van der Waals surface area contributed by atoms with E-state index in [0.717, 1.165) is 9.87 Å². The molecular formula is C23H21Cl2FN2O3S. The molecule has 3 aromatic carbocycles. The second-order valence-electron chi connectivity index (χ2n) is 7.13. The maximum Gasteiger partial charge on any atom is 0.243 e. The molecule has 0 radical (unpaired) electrons. The second-order valence-corrected chi connectivity index (χ2v) is 9.91. The van der Waals surface area contributed by atoms with Gasteiger partial charge in [0.05, 0.1) is 17.5 Å². The van der Waals surface area contributed by atoms with E-state index in [1.165, 1.54) is 42.5 Å². The normalized spacial score (nSPS) is 12.5. The van der Waals surface area contributed by atoms with E-state index < -0.39 is 34.8 Å². The minimum atomic E-state index is -4.16. The highest BCUT2D eigenvalue weighted by molar-refractivity contribution is 7.89. The van der Waals surface area contributed by atoms with Crippen LogP contribution >= 0.6 is 23.2 Å². The lowest BCUT2D eigenvalue weighted by Crippen LogP contribution is -2.41. The molecule has 0 unspecified atom stereocenters. The number of sulfonamides is 1. The third kappa shape index (κ3) is 5.86. The Labute approximate surface area is 196 Å². The van der Waals surface area contributed by atoms with Gasteiger partial charge >= 0.3 is 0 Å². The van der Waals surface area contributed by atoms with Crippen molar-refractivity contribution in [2.45, 2.75) is 24.4 Å². The van der Waals surface area contributed by atoms with Gasteiger partial charge in [-0.25, -0.2) is 12.8 Å². The molecular weight excluding hydrogens is 474 g/mol. The fraction of sp³-hybridized carbons (Fsp3) is 0.174. The standard InChI is InChI=1S/C23H21Cl2FN2O3S/c1-16(17-6-3-2-4-7-17)27-23(29)15-28(14-20-21(25)8-5-9-22(20)26)32(30,31)19-12-10-18(24)11-13-19/h2-13,16H,14-15H2,1H3,(H,27,29)/t16-/m0/s1. The minimum absolute atomic E-state index is 0.0180. The summed E-state index contributed by atoms with van der Waals surface area (Å²) in [6.07, 6.45) is 0. The molecule has 3 aromatic rings. The molecule has 0 bridgehead atoms. The first-order valence-corrected chi connectivity index (χ1v) is 11.9. The maximum atomic E-state index is 14.4. The molecule has 0 aromatic heterocycles. The summed E-state index contributed by atoms with van der Waals surface area (Å²) in [6.45, 7) is 0.857. The van der Waals surface area contributed by atoms with Gasteiger partial charge in [-0.15, -0.1) is 0 Å². The number of hydrogen-bond acceptors (Lipinski definition) is 3. The molecule has 0 saturated carbocycles. The monoisotopic (exact) mass is 494 g/mol. The Balaban J connectivity index is 1.89. The van der Waals surface area contributed by atoms with Crippen molar-refractivity contribution in [2.75, 3.05) is 6.54 Å². The number of halogens is 3. The summed E-state index contributed by atoms with van der Waals surface area (Å²) >= 11 is 12.0. The smallest absolute Gasteiger partial charge is 0.243 e. The van der Waals surface area contributed by atoms with Crippen molar-refractivity contribution < 1.29 is 17.6 Å². The van der Waals surface area contributed by atoms with Crippen molar-refractivity contribution in [3.63, 3.8) is 0 Å². The van der Waals surface area contributed by atoms with E-state index in [9.17, 15) is 17.6 Å². The quantitative estimate of drug-likeness (QED) is 0.467. The van der Waals surface area contributed by atoms with E-state index in [-0.39, 0.29) is 21.5 Å². The lowest BCUT2D eigenvalue weighted by molar-refractivity contribution is -0.122. The molecule has 1 N–H and O–H groups in total. The molecule has 5 nitrogen and oxygen atoms in total. The van der Waals surface area contributed by atoms with Crippen LogP contribution in [0.4, 0.5) is 4.39 Å². The predicted molar refractivity (Wildman–Crippen MR) is 123 cm³/mol. The van der Waals surface area contributed by atoms with Crippen LogP contribution in [-0.4, -0.2) is 25.2 Å². The highest BCUT2D eigenvalue weighted by atomic mass is 35.5. The number of nitrogens with one attached hydrogen (secondary N) is 1. The van der Waals surface area contributed by atoms with Crippen LogP contribution in [0.5, 0.6) is 0 Å². The van der Waals surface area contributed by atoms with Gasteiger partial charge < -0.3 is 5.32 Å². The first-order chi connectivity index (χ1) is 15.2. The van der Waals surface area contributed by atoms with Crippen LogP contribution in [0.3, 0.4) is 0 Å². The van der Waals surface area contributed by atoms with Crippen LogP contribution in [0.15, 0.2) is 77.7 Å². The van der Waals surface area contributed by atoms with Crippen molar-refractivity contribution >= 4 is 39.1 Å². The Morgan fingerprint density at radius 1 is 1.00 bits per heavy atom. The summed E-state index contributed by atoms with van der Waals surface area (Å²) in [5.41, 5.74) is 0.848.